The van der Waals surface area contributed by atoms with Gasteiger partial charge in [-0.2, -0.15) is 0 Å². The number of ether oxygens (including phenoxy) is 1. The largest absolute Gasteiger partial charge is 0.488 e. The molecule has 0 aliphatic rings. The Morgan fingerprint density at radius 1 is 1.22 bits per heavy atom. The molecule has 3 rings (SSSR count). The number of rotatable bonds is 5. The van der Waals surface area contributed by atoms with Crippen molar-refractivity contribution >= 4 is 32.9 Å². The maximum atomic E-state index is 13.9. The third-order valence-corrected chi connectivity index (χ3v) is 4.87. The molecule has 1 N–H and O–H groups in total. The second-order valence-corrected chi connectivity index (χ2v) is 7.07. The lowest BCUT2D eigenvalue weighted by atomic mass is 10.0. The highest BCUT2D eigenvalue weighted by atomic mass is 79.9. The Kier molecular flexibility index (Phi) is 5.32. The minimum atomic E-state index is -1.10. The molecule has 3 aromatic rings. The Morgan fingerprint density at radius 3 is 2.63 bits per heavy atom. The summed E-state index contributed by atoms with van der Waals surface area (Å²) in [4.78, 5) is 23.1. The molecule has 0 fully saturated rings. The molecule has 7 heteroatoms. The van der Waals surface area contributed by atoms with Crippen LogP contribution in [0.25, 0.3) is 11.0 Å². The summed E-state index contributed by atoms with van der Waals surface area (Å²) >= 11 is 3.21. The number of hydrogen-bond donors (Lipinski definition) is 1. The summed E-state index contributed by atoms with van der Waals surface area (Å²) in [7, 11) is 0. The highest BCUT2D eigenvalue weighted by molar-refractivity contribution is 9.10. The Labute approximate surface area is 162 Å². The fourth-order valence-electron chi connectivity index (χ4n) is 2.88. The van der Waals surface area contributed by atoms with Crippen LogP contribution in [0.5, 0.6) is 5.75 Å². The van der Waals surface area contributed by atoms with Crippen molar-refractivity contribution < 1.29 is 23.4 Å². The van der Waals surface area contributed by atoms with E-state index in [1.165, 1.54) is 6.07 Å². The average Bonchev–Trinajstić information content (AvgIpc) is 2.60. The number of carboxylic acid groups (broad SMARTS) is 1. The third kappa shape index (κ3) is 3.88. The fourth-order valence-corrected chi connectivity index (χ4v) is 3.21. The molecular formula is C20H16BrFO5. The van der Waals surface area contributed by atoms with E-state index in [1.807, 2.05) is 0 Å². The van der Waals surface area contributed by atoms with Crippen LogP contribution < -0.4 is 10.4 Å². The van der Waals surface area contributed by atoms with Gasteiger partial charge in [-0.15, -0.1) is 0 Å². The van der Waals surface area contributed by atoms with Crippen molar-refractivity contribution in [3.8, 4) is 5.75 Å². The van der Waals surface area contributed by atoms with E-state index in [0.717, 1.165) is 0 Å². The molecule has 0 aliphatic carbocycles. The fraction of sp³-hybridized carbons (Fsp3) is 0.200. The topological polar surface area (TPSA) is 76.7 Å². The van der Waals surface area contributed by atoms with E-state index in [-0.39, 0.29) is 18.0 Å². The summed E-state index contributed by atoms with van der Waals surface area (Å²) in [5.41, 5.74) is 1.33. The first kappa shape index (κ1) is 19.1. The lowest BCUT2D eigenvalue weighted by molar-refractivity contribution is -0.136. The molecule has 1 heterocycles. The predicted octanol–water partition coefficient (Wildman–Crippen LogP) is 4.52. The number of carbonyl (C=O) groups is 1. The summed E-state index contributed by atoms with van der Waals surface area (Å²) in [5.74, 6) is -1.03. The van der Waals surface area contributed by atoms with Crippen LogP contribution in [0.3, 0.4) is 0 Å². The van der Waals surface area contributed by atoms with Crippen molar-refractivity contribution in [1.82, 2.24) is 0 Å². The smallest absolute Gasteiger partial charge is 0.340 e. The molecule has 27 heavy (non-hydrogen) atoms. The Morgan fingerprint density at radius 2 is 1.96 bits per heavy atom. The van der Waals surface area contributed by atoms with Gasteiger partial charge in [0.1, 0.15) is 23.8 Å². The average molecular weight is 435 g/mol. The van der Waals surface area contributed by atoms with Crippen LogP contribution in [-0.4, -0.2) is 11.1 Å². The Bertz CT molecular complexity index is 1100. The molecule has 0 amide bonds. The van der Waals surface area contributed by atoms with E-state index >= 15 is 0 Å². The van der Waals surface area contributed by atoms with Gasteiger partial charge >= 0.3 is 11.6 Å². The standard InChI is InChI=1S/C20H16BrFO5/c1-10-14-5-6-17(26-9-12-3-4-13(21)7-16(12)22)11(2)19(14)27-20(25)15(10)8-18(23)24/h3-7H,8-9H2,1-2H3,(H,23,24). The van der Waals surface area contributed by atoms with Gasteiger partial charge < -0.3 is 14.3 Å². The van der Waals surface area contributed by atoms with Gasteiger partial charge in [-0.05, 0) is 43.7 Å². The van der Waals surface area contributed by atoms with E-state index in [1.54, 1.807) is 38.1 Å². The van der Waals surface area contributed by atoms with Gasteiger partial charge in [0.05, 0.1) is 12.0 Å². The second-order valence-electron chi connectivity index (χ2n) is 6.15. The maximum Gasteiger partial charge on any atom is 0.340 e. The van der Waals surface area contributed by atoms with Gasteiger partial charge in [-0.3, -0.25) is 4.79 Å². The van der Waals surface area contributed by atoms with Crippen molar-refractivity contribution in [1.29, 1.82) is 0 Å². The zero-order valence-electron chi connectivity index (χ0n) is 14.6. The summed E-state index contributed by atoms with van der Waals surface area (Å²) in [5, 5.41) is 9.61. The van der Waals surface area contributed by atoms with Gasteiger partial charge in [-0.1, -0.05) is 22.0 Å². The lowest BCUT2D eigenvalue weighted by Gasteiger charge is -2.13. The van der Waals surface area contributed by atoms with E-state index in [4.69, 9.17) is 14.3 Å². The summed E-state index contributed by atoms with van der Waals surface area (Å²) in [6.45, 7) is 3.44. The molecule has 0 spiro atoms. The van der Waals surface area contributed by atoms with E-state index in [9.17, 15) is 14.0 Å². The Hall–Kier alpha value is -2.67. The second kappa shape index (κ2) is 7.52. The highest BCUT2D eigenvalue weighted by Crippen LogP contribution is 2.30. The van der Waals surface area contributed by atoms with Crippen LogP contribution in [0.2, 0.25) is 0 Å². The van der Waals surface area contributed by atoms with Crippen LogP contribution in [0.15, 0.2) is 44.0 Å². The number of benzene rings is 2. The maximum absolute atomic E-state index is 13.9. The molecule has 0 unspecified atom stereocenters. The number of hydrogen-bond acceptors (Lipinski definition) is 4. The normalized spacial score (nSPS) is 11.0. The molecule has 0 radical (unpaired) electrons. The van der Waals surface area contributed by atoms with Gasteiger partial charge in [0.2, 0.25) is 0 Å². The number of halogens is 2. The molecule has 0 bridgehead atoms. The van der Waals surface area contributed by atoms with E-state index in [0.29, 0.717) is 37.9 Å². The van der Waals surface area contributed by atoms with Crippen molar-refractivity contribution in [3.63, 3.8) is 0 Å². The first-order valence-electron chi connectivity index (χ1n) is 8.12. The van der Waals surface area contributed by atoms with E-state index in [2.05, 4.69) is 15.9 Å². The molecule has 140 valence electrons. The monoisotopic (exact) mass is 434 g/mol. The van der Waals surface area contributed by atoms with Crippen molar-refractivity contribution in [2.75, 3.05) is 0 Å². The quantitative estimate of drug-likeness (QED) is 0.597. The molecule has 0 saturated heterocycles. The van der Waals surface area contributed by atoms with Crippen LogP contribution in [0.4, 0.5) is 4.39 Å². The zero-order chi connectivity index (χ0) is 19.7. The molecule has 0 atom stereocenters. The first-order chi connectivity index (χ1) is 12.8. The summed E-state index contributed by atoms with van der Waals surface area (Å²) < 4.78 is 25.7. The number of aryl methyl sites for hydroxylation is 2. The Balaban J connectivity index is 1.97. The van der Waals surface area contributed by atoms with Crippen LogP contribution in [0, 0.1) is 19.7 Å². The molecular weight excluding hydrogens is 419 g/mol. The van der Waals surface area contributed by atoms with Crippen molar-refractivity contribution in [3.05, 3.63) is 73.3 Å². The highest BCUT2D eigenvalue weighted by Gasteiger charge is 2.17. The molecule has 0 saturated carbocycles. The molecule has 2 aromatic carbocycles. The summed E-state index contributed by atoms with van der Waals surface area (Å²) in [6.07, 6.45) is -0.399. The predicted molar refractivity (Wildman–Crippen MR) is 102 cm³/mol. The van der Waals surface area contributed by atoms with Crippen LogP contribution in [-0.2, 0) is 17.8 Å². The van der Waals surface area contributed by atoms with Gasteiger partial charge in [-0.25, -0.2) is 9.18 Å². The number of aliphatic carboxylic acids is 1. The number of carboxylic acids is 1. The minimum absolute atomic E-state index is 0.0196. The van der Waals surface area contributed by atoms with E-state index < -0.39 is 18.0 Å². The summed E-state index contributed by atoms with van der Waals surface area (Å²) in [6, 6.07) is 8.11. The van der Waals surface area contributed by atoms with Crippen LogP contribution in [0.1, 0.15) is 22.3 Å². The van der Waals surface area contributed by atoms with Gasteiger partial charge in [0.15, 0.2) is 0 Å². The minimum Gasteiger partial charge on any atom is -0.488 e. The third-order valence-electron chi connectivity index (χ3n) is 4.38. The van der Waals surface area contributed by atoms with Gasteiger partial charge in [0.25, 0.3) is 0 Å². The molecule has 5 nitrogen and oxygen atoms in total. The first-order valence-corrected chi connectivity index (χ1v) is 8.91. The SMILES string of the molecule is Cc1c(CC(=O)O)c(=O)oc2c(C)c(OCc3ccc(Br)cc3F)ccc12. The van der Waals surface area contributed by atoms with Crippen molar-refractivity contribution in [2.45, 2.75) is 26.9 Å². The molecule has 1 aromatic heterocycles. The van der Waals surface area contributed by atoms with Gasteiger partial charge in [0, 0.05) is 21.0 Å². The lowest BCUT2D eigenvalue weighted by Crippen LogP contribution is -2.15. The molecule has 0 aliphatic heterocycles. The zero-order valence-corrected chi connectivity index (χ0v) is 16.2. The number of fused-ring (bicyclic) bond motifs is 1. The van der Waals surface area contributed by atoms with Crippen LogP contribution >= 0.6 is 15.9 Å². The van der Waals surface area contributed by atoms with Crippen molar-refractivity contribution in [2.24, 2.45) is 0 Å².